The van der Waals surface area contributed by atoms with E-state index in [1.54, 1.807) is 0 Å². The van der Waals surface area contributed by atoms with Crippen molar-refractivity contribution in [2.24, 2.45) is 0 Å². The van der Waals surface area contributed by atoms with Crippen LogP contribution in [0.15, 0.2) is 0 Å². The van der Waals surface area contributed by atoms with Gasteiger partial charge in [-0.25, -0.2) is 9.59 Å². The maximum absolute atomic E-state index is 12.0. The van der Waals surface area contributed by atoms with Crippen LogP contribution in [0.3, 0.4) is 0 Å². The Kier molecular flexibility index (Phi) is 7.35. The Balaban J connectivity index is 4.70. The fraction of sp³-hybridized carbons (Fsp3) is 0.833. The first kappa shape index (κ1) is 16.7. The molecule has 18 heavy (non-hydrogen) atoms. The summed E-state index contributed by atoms with van der Waals surface area (Å²) in [4.78, 5) is 24.6. The zero-order valence-electron chi connectivity index (χ0n) is 11.4. The topological polar surface area (TPSA) is 89.9 Å². The second-order valence-electron chi connectivity index (χ2n) is 4.53. The number of hydrogen-bond acceptors (Lipinski definition) is 3. The summed E-state index contributed by atoms with van der Waals surface area (Å²) in [5.74, 6) is -1.04. The van der Waals surface area contributed by atoms with Gasteiger partial charge < -0.3 is 20.4 Å². The smallest absolute Gasteiger partial charge is 0.329 e. The summed E-state index contributed by atoms with van der Waals surface area (Å²) in [5.41, 5.74) is -1.26. The molecular formula is C12H24N2O4. The Hall–Kier alpha value is -1.30. The van der Waals surface area contributed by atoms with Crippen LogP contribution in [0.5, 0.6) is 0 Å². The van der Waals surface area contributed by atoms with Gasteiger partial charge in [-0.15, -0.1) is 0 Å². The molecule has 2 amide bonds. The van der Waals surface area contributed by atoms with Crippen molar-refractivity contribution < 1.29 is 19.8 Å². The van der Waals surface area contributed by atoms with Crippen molar-refractivity contribution in [1.29, 1.82) is 0 Å². The molecule has 0 fully saturated rings. The SMILES string of the molecule is CCCN(CCO)C(=O)NC(C)(CCC)C(=O)O. The third-order valence-corrected chi connectivity index (χ3v) is 2.76. The molecule has 106 valence electrons. The monoisotopic (exact) mass is 260 g/mol. The lowest BCUT2D eigenvalue weighted by atomic mass is 9.96. The fourth-order valence-electron chi connectivity index (χ4n) is 1.74. The van der Waals surface area contributed by atoms with Gasteiger partial charge in [0, 0.05) is 13.1 Å². The first-order chi connectivity index (χ1) is 8.41. The Morgan fingerprint density at radius 1 is 1.22 bits per heavy atom. The molecule has 0 radical (unpaired) electrons. The number of carboxylic acid groups (broad SMARTS) is 1. The number of nitrogens with one attached hydrogen (secondary N) is 1. The number of aliphatic carboxylic acids is 1. The van der Waals surface area contributed by atoms with E-state index in [2.05, 4.69) is 5.32 Å². The molecule has 0 aliphatic carbocycles. The van der Waals surface area contributed by atoms with Gasteiger partial charge in [-0.2, -0.15) is 0 Å². The largest absolute Gasteiger partial charge is 0.480 e. The number of nitrogens with zero attached hydrogens (tertiary/aromatic N) is 1. The zero-order valence-corrected chi connectivity index (χ0v) is 11.4. The molecule has 0 aliphatic rings. The van der Waals surface area contributed by atoms with Crippen molar-refractivity contribution in [2.75, 3.05) is 19.7 Å². The summed E-state index contributed by atoms with van der Waals surface area (Å²) in [6, 6.07) is -0.441. The zero-order chi connectivity index (χ0) is 14.2. The molecule has 6 heteroatoms. The van der Waals surface area contributed by atoms with Gasteiger partial charge in [0.1, 0.15) is 5.54 Å². The lowest BCUT2D eigenvalue weighted by molar-refractivity contribution is -0.144. The molecule has 0 bridgehead atoms. The van der Waals surface area contributed by atoms with Crippen molar-refractivity contribution in [3.05, 3.63) is 0 Å². The average Bonchev–Trinajstić information content (AvgIpc) is 2.28. The van der Waals surface area contributed by atoms with Crippen molar-refractivity contribution >= 4 is 12.0 Å². The van der Waals surface area contributed by atoms with Crippen LogP contribution in [0.25, 0.3) is 0 Å². The molecule has 6 nitrogen and oxygen atoms in total. The molecule has 0 heterocycles. The van der Waals surface area contributed by atoms with Crippen LogP contribution >= 0.6 is 0 Å². The van der Waals surface area contributed by atoms with Crippen molar-refractivity contribution in [3.8, 4) is 0 Å². The van der Waals surface area contributed by atoms with Crippen molar-refractivity contribution in [2.45, 2.75) is 45.6 Å². The van der Waals surface area contributed by atoms with E-state index in [0.29, 0.717) is 19.4 Å². The van der Waals surface area contributed by atoms with Gasteiger partial charge in [-0.3, -0.25) is 0 Å². The van der Waals surface area contributed by atoms with Crippen LogP contribution in [0, 0.1) is 0 Å². The first-order valence-corrected chi connectivity index (χ1v) is 6.32. The second kappa shape index (κ2) is 7.92. The molecule has 0 spiro atoms. The van der Waals surface area contributed by atoms with E-state index in [1.165, 1.54) is 11.8 Å². The standard InChI is InChI=1S/C12H24N2O4/c1-4-6-12(3,10(16)17)13-11(18)14(7-5-2)8-9-15/h15H,4-9H2,1-3H3,(H,13,18)(H,16,17). The van der Waals surface area contributed by atoms with E-state index in [0.717, 1.165) is 6.42 Å². The molecule has 0 aliphatic heterocycles. The van der Waals surface area contributed by atoms with Gasteiger partial charge in [0.15, 0.2) is 0 Å². The molecule has 0 saturated heterocycles. The molecule has 0 rings (SSSR count). The predicted molar refractivity (Wildman–Crippen MR) is 68.4 cm³/mol. The Bertz CT molecular complexity index is 277. The highest BCUT2D eigenvalue weighted by Crippen LogP contribution is 2.13. The highest BCUT2D eigenvalue weighted by atomic mass is 16.4. The molecule has 1 unspecified atom stereocenters. The molecule has 3 N–H and O–H groups in total. The number of rotatable bonds is 8. The predicted octanol–water partition coefficient (Wildman–Crippen LogP) is 1.04. The van der Waals surface area contributed by atoms with Gasteiger partial charge in [-0.05, 0) is 19.8 Å². The third-order valence-electron chi connectivity index (χ3n) is 2.76. The van der Waals surface area contributed by atoms with Gasteiger partial charge in [0.2, 0.25) is 0 Å². The number of carboxylic acids is 1. The molecule has 0 aromatic rings. The number of hydrogen-bond donors (Lipinski definition) is 3. The molecule has 0 aromatic heterocycles. The second-order valence-corrected chi connectivity index (χ2v) is 4.53. The van der Waals surface area contributed by atoms with Crippen LogP contribution in [-0.2, 0) is 4.79 Å². The quantitative estimate of drug-likeness (QED) is 0.608. The number of carbonyl (C=O) groups excluding carboxylic acids is 1. The average molecular weight is 260 g/mol. The lowest BCUT2D eigenvalue weighted by Crippen LogP contribution is -2.56. The maximum atomic E-state index is 12.0. The molecule has 1 atom stereocenters. The van der Waals surface area contributed by atoms with E-state index in [-0.39, 0.29) is 13.2 Å². The van der Waals surface area contributed by atoms with Crippen LogP contribution in [0.2, 0.25) is 0 Å². The highest BCUT2D eigenvalue weighted by molar-refractivity contribution is 5.85. The summed E-state index contributed by atoms with van der Waals surface area (Å²) in [5, 5.41) is 20.6. The van der Waals surface area contributed by atoms with Gasteiger partial charge in [0.05, 0.1) is 6.61 Å². The number of aliphatic hydroxyl groups is 1. The summed E-state index contributed by atoms with van der Waals surface area (Å²) in [7, 11) is 0. The minimum atomic E-state index is -1.26. The first-order valence-electron chi connectivity index (χ1n) is 6.32. The number of amides is 2. The summed E-state index contributed by atoms with van der Waals surface area (Å²) in [6.07, 6.45) is 1.79. The third kappa shape index (κ3) is 4.91. The summed E-state index contributed by atoms with van der Waals surface area (Å²) >= 11 is 0. The molecule has 0 aromatic carbocycles. The van der Waals surface area contributed by atoms with Crippen molar-refractivity contribution in [1.82, 2.24) is 10.2 Å². The van der Waals surface area contributed by atoms with E-state index in [9.17, 15) is 14.7 Å². The minimum Gasteiger partial charge on any atom is -0.480 e. The molecule has 0 saturated carbocycles. The van der Waals surface area contributed by atoms with E-state index >= 15 is 0 Å². The maximum Gasteiger partial charge on any atom is 0.329 e. The molecular weight excluding hydrogens is 236 g/mol. The summed E-state index contributed by atoms with van der Waals surface area (Å²) < 4.78 is 0. The number of urea groups is 1. The van der Waals surface area contributed by atoms with Crippen LogP contribution in [0.4, 0.5) is 4.79 Å². The van der Waals surface area contributed by atoms with Crippen LogP contribution < -0.4 is 5.32 Å². The van der Waals surface area contributed by atoms with Crippen LogP contribution in [0.1, 0.15) is 40.0 Å². The van der Waals surface area contributed by atoms with Gasteiger partial charge >= 0.3 is 12.0 Å². The fourth-order valence-corrected chi connectivity index (χ4v) is 1.74. The van der Waals surface area contributed by atoms with E-state index < -0.39 is 17.5 Å². The lowest BCUT2D eigenvalue weighted by Gasteiger charge is -2.30. The number of carbonyl (C=O) groups is 2. The van der Waals surface area contributed by atoms with Gasteiger partial charge in [-0.1, -0.05) is 20.3 Å². The Morgan fingerprint density at radius 2 is 1.83 bits per heavy atom. The van der Waals surface area contributed by atoms with Gasteiger partial charge in [0.25, 0.3) is 0 Å². The number of aliphatic hydroxyl groups excluding tert-OH is 1. The highest BCUT2D eigenvalue weighted by Gasteiger charge is 2.34. The van der Waals surface area contributed by atoms with Crippen LogP contribution in [-0.4, -0.2) is 52.3 Å². The van der Waals surface area contributed by atoms with E-state index in [4.69, 9.17) is 5.11 Å². The normalized spacial score (nSPS) is 13.8. The summed E-state index contributed by atoms with van der Waals surface area (Å²) in [6.45, 7) is 5.85. The minimum absolute atomic E-state index is 0.134. The Labute approximate surface area is 108 Å². The Morgan fingerprint density at radius 3 is 2.22 bits per heavy atom. The van der Waals surface area contributed by atoms with E-state index in [1.807, 2.05) is 13.8 Å². The van der Waals surface area contributed by atoms with Crippen molar-refractivity contribution in [3.63, 3.8) is 0 Å².